The van der Waals surface area contributed by atoms with Crippen LogP contribution in [0.2, 0.25) is 0 Å². The molecule has 1 aliphatic heterocycles. The van der Waals surface area contributed by atoms with Crippen molar-refractivity contribution in [3.8, 4) is 5.75 Å². The van der Waals surface area contributed by atoms with E-state index in [0.717, 1.165) is 18.5 Å². The summed E-state index contributed by atoms with van der Waals surface area (Å²) < 4.78 is 40.1. The number of alkyl halides is 4. The first-order valence-electron chi connectivity index (χ1n) is 5.16. The van der Waals surface area contributed by atoms with Crippen LogP contribution in [0, 0.1) is 0 Å². The quantitative estimate of drug-likeness (QED) is 0.599. The van der Waals surface area contributed by atoms with E-state index < -0.39 is 6.36 Å². The van der Waals surface area contributed by atoms with Crippen LogP contribution in [0.1, 0.15) is 12.5 Å². The minimum Gasteiger partial charge on any atom is -0.406 e. The number of nitrogens with zero attached hydrogens (tertiary/aromatic N) is 1. The molecule has 1 unspecified atom stereocenters. The van der Waals surface area contributed by atoms with Gasteiger partial charge < -0.3 is 9.64 Å². The van der Waals surface area contributed by atoms with Gasteiger partial charge in [0.05, 0.1) is 0 Å². The van der Waals surface area contributed by atoms with Crippen LogP contribution in [0.3, 0.4) is 0 Å². The van der Waals surface area contributed by atoms with Crippen LogP contribution in [0.5, 0.6) is 5.75 Å². The molecule has 6 heteroatoms. The van der Waals surface area contributed by atoms with Gasteiger partial charge in [-0.05, 0) is 25.0 Å². The van der Waals surface area contributed by atoms with Crippen molar-refractivity contribution in [2.24, 2.45) is 0 Å². The Morgan fingerprint density at radius 2 is 2.12 bits per heavy atom. The molecule has 0 N–H and O–H groups in total. The summed E-state index contributed by atoms with van der Waals surface area (Å²) in [6, 6.07) is 4.36. The number of fused-ring (bicyclic) bond motifs is 1. The predicted molar refractivity (Wildman–Crippen MR) is 59.5 cm³/mol. The zero-order valence-corrected chi connectivity index (χ0v) is 9.85. The van der Waals surface area contributed by atoms with E-state index in [-0.39, 0.29) is 11.3 Å². The second-order valence-electron chi connectivity index (χ2n) is 3.86. The average Bonchev–Trinajstić information content (AvgIpc) is 2.57. The molecule has 2 nitrogen and oxygen atoms in total. The van der Waals surface area contributed by atoms with Gasteiger partial charge in [-0.3, -0.25) is 0 Å². The topological polar surface area (TPSA) is 12.5 Å². The van der Waals surface area contributed by atoms with E-state index in [2.05, 4.69) is 4.74 Å². The van der Waals surface area contributed by atoms with E-state index in [1.807, 2.05) is 4.90 Å². The van der Waals surface area contributed by atoms with Crippen molar-refractivity contribution in [3.05, 3.63) is 23.8 Å². The monoisotopic (exact) mass is 265 g/mol. The fraction of sp³-hybridized carbons (Fsp3) is 0.455. The van der Waals surface area contributed by atoms with Crippen molar-refractivity contribution in [1.29, 1.82) is 0 Å². The summed E-state index contributed by atoms with van der Waals surface area (Å²) in [7, 11) is 0. The molecule has 1 heterocycles. The smallest absolute Gasteiger partial charge is 0.406 e. The molecule has 2 rings (SSSR count). The van der Waals surface area contributed by atoms with Crippen LogP contribution in [0.4, 0.5) is 18.9 Å². The summed E-state index contributed by atoms with van der Waals surface area (Å²) in [5.74, 6) is -0.208. The fourth-order valence-corrected chi connectivity index (χ4v) is 2.15. The summed E-state index contributed by atoms with van der Waals surface area (Å²) in [5.41, 5.74) is 1.46. The van der Waals surface area contributed by atoms with Gasteiger partial charge in [-0.25, -0.2) is 0 Å². The number of ether oxygens (including phenoxy) is 1. The standard InChI is InChI=1S/C11H11ClF3NO/c1-7(12)16-5-4-8-2-3-9(6-10(8)16)17-11(13,14)15/h2-3,6-7H,4-5H2,1H3. The molecular formula is C11H11ClF3NO. The SMILES string of the molecule is CC(Cl)N1CCc2ccc(OC(F)(F)F)cc21. The highest BCUT2D eigenvalue weighted by molar-refractivity contribution is 6.21. The number of hydrogen-bond donors (Lipinski definition) is 0. The van der Waals surface area contributed by atoms with Gasteiger partial charge in [0.15, 0.2) is 0 Å². The summed E-state index contributed by atoms with van der Waals surface area (Å²) in [5, 5.41) is 0. The second-order valence-corrected chi connectivity index (χ2v) is 4.49. The summed E-state index contributed by atoms with van der Waals surface area (Å²) in [6.45, 7) is 2.50. The molecule has 1 aromatic rings. The van der Waals surface area contributed by atoms with E-state index in [9.17, 15) is 13.2 Å². The normalized spacial score (nSPS) is 16.9. The van der Waals surface area contributed by atoms with Crippen molar-refractivity contribution < 1.29 is 17.9 Å². The third-order valence-electron chi connectivity index (χ3n) is 2.65. The third-order valence-corrected chi connectivity index (χ3v) is 2.89. The number of anilines is 1. The van der Waals surface area contributed by atoms with Crippen LogP contribution < -0.4 is 9.64 Å². The van der Waals surface area contributed by atoms with Crippen LogP contribution in [-0.4, -0.2) is 18.4 Å². The van der Waals surface area contributed by atoms with Crippen LogP contribution >= 0.6 is 11.6 Å². The molecule has 0 radical (unpaired) electrons. The lowest BCUT2D eigenvalue weighted by Gasteiger charge is -2.22. The van der Waals surface area contributed by atoms with Gasteiger partial charge in [0, 0.05) is 18.3 Å². The molecule has 0 saturated heterocycles. The Labute approximate surface area is 102 Å². The Kier molecular flexibility index (Phi) is 3.12. The molecule has 17 heavy (non-hydrogen) atoms. The average molecular weight is 266 g/mol. The summed E-state index contributed by atoms with van der Waals surface area (Å²) in [4.78, 5) is 1.85. The molecule has 0 amide bonds. The lowest BCUT2D eigenvalue weighted by atomic mass is 10.1. The van der Waals surface area contributed by atoms with Crippen molar-refractivity contribution in [2.75, 3.05) is 11.4 Å². The highest BCUT2D eigenvalue weighted by Crippen LogP contribution is 2.35. The Morgan fingerprint density at radius 1 is 1.41 bits per heavy atom. The minimum atomic E-state index is -4.66. The molecule has 1 aromatic carbocycles. The first kappa shape index (κ1) is 12.4. The van der Waals surface area contributed by atoms with Crippen LogP contribution in [0.15, 0.2) is 18.2 Å². The Hall–Kier alpha value is -1.10. The van der Waals surface area contributed by atoms with E-state index in [1.54, 1.807) is 13.0 Å². The van der Waals surface area contributed by atoms with Crippen molar-refractivity contribution >= 4 is 17.3 Å². The molecule has 1 atom stereocenters. The highest BCUT2D eigenvalue weighted by Gasteiger charge is 2.32. The Morgan fingerprint density at radius 3 is 2.71 bits per heavy atom. The lowest BCUT2D eigenvalue weighted by Crippen LogP contribution is -2.26. The van der Waals surface area contributed by atoms with E-state index in [1.165, 1.54) is 12.1 Å². The molecule has 0 saturated carbocycles. The van der Waals surface area contributed by atoms with Crippen LogP contribution in [-0.2, 0) is 6.42 Å². The Balaban J connectivity index is 2.27. The van der Waals surface area contributed by atoms with Gasteiger partial charge in [-0.15, -0.1) is 13.2 Å². The fourth-order valence-electron chi connectivity index (χ4n) is 1.95. The lowest BCUT2D eigenvalue weighted by molar-refractivity contribution is -0.274. The van der Waals surface area contributed by atoms with Crippen LogP contribution in [0.25, 0.3) is 0 Å². The first-order valence-corrected chi connectivity index (χ1v) is 5.60. The molecular weight excluding hydrogens is 255 g/mol. The van der Waals surface area contributed by atoms with Gasteiger partial charge in [0.1, 0.15) is 11.3 Å². The van der Waals surface area contributed by atoms with Gasteiger partial charge in [-0.1, -0.05) is 17.7 Å². The largest absolute Gasteiger partial charge is 0.573 e. The molecule has 0 aromatic heterocycles. The molecule has 94 valence electrons. The highest BCUT2D eigenvalue weighted by atomic mass is 35.5. The minimum absolute atomic E-state index is 0.208. The zero-order chi connectivity index (χ0) is 12.6. The van der Waals surface area contributed by atoms with Crippen molar-refractivity contribution in [2.45, 2.75) is 25.2 Å². The molecule has 0 fully saturated rings. The summed E-state index contributed by atoms with van der Waals surface area (Å²) >= 11 is 5.96. The molecule has 0 bridgehead atoms. The number of rotatable bonds is 2. The van der Waals surface area contributed by atoms with E-state index in [4.69, 9.17) is 11.6 Å². The summed E-state index contributed by atoms with van der Waals surface area (Å²) in [6.07, 6.45) is -3.87. The maximum Gasteiger partial charge on any atom is 0.573 e. The second kappa shape index (κ2) is 4.29. The number of halogens is 4. The van der Waals surface area contributed by atoms with Gasteiger partial charge in [0.25, 0.3) is 0 Å². The molecule has 1 aliphatic rings. The number of hydrogen-bond acceptors (Lipinski definition) is 2. The third kappa shape index (κ3) is 2.77. The Bertz CT molecular complexity index is 420. The number of benzene rings is 1. The van der Waals surface area contributed by atoms with Gasteiger partial charge in [0.2, 0.25) is 0 Å². The maximum absolute atomic E-state index is 12.1. The van der Waals surface area contributed by atoms with Crippen molar-refractivity contribution in [3.63, 3.8) is 0 Å². The first-order chi connectivity index (χ1) is 7.87. The van der Waals surface area contributed by atoms with E-state index >= 15 is 0 Å². The maximum atomic E-state index is 12.1. The molecule has 0 spiro atoms. The molecule has 0 aliphatic carbocycles. The van der Waals surface area contributed by atoms with Gasteiger partial charge >= 0.3 is 6.36 Å². The van der Waals surface area contributed by atoms with E-state index in [0.29, 0.717) is 5.69 Å². The predicted octanol–water partition coefficient (Wildman–Crippen LogP) is 3.53. The van der Waals surface area contributed by atoms with Gasteiger partial charge in [-0.2, -0.15) is 0 Å². The zero-order valence-electron chi connectivity index (χ0n) is 9.09. The van der Waals surface area contributed by atoms with Crippen molar-refractivity contribution in [1.82, 2.24) is 0 Å².